The highest BCUT2D eigenvalue weighted by atomic mass is 35.5. The molecule has 2 aliphatic heterocycles. The molecule has 0 unspecified atom stereocenters. The summed E-state index contributed by atoms with van der Waals surface area (Å²) in [6.07, 6.45) is 4.28. The first kappa shape index (κ1) is 23.3. The van der Waals surface area contributed by atoms with E-state index in [1.54, 1.807) is 18.3 Å². The van der Waals surface area contributed by atoms with E-state index in [4.69, 9.17) is 11.6 Å². The van der Waals surface area contributed by atoms with Gasteiger partial charge in [0.05, 0.1) is 5.92 Å². The summed E-state index contributed by atoms with van der Waals surface area (Å²) in [4.78, 5) is 29.6. The van der Waals surface area contributed by atoms with E-state index in [1.807, 2.05) is 41.3 Å². The molecule has 1 aromatic heterocycles. The molecule has 1 N–H and O–H groups in total. The monoisotopic (exact) mass is 489 g/mol. The predicted octanol–water partition coefficient (Wildman–Crippen LogP) is 4.61. The number of aromatic nitrogens is 2. The van der Waals surface area contributed by atoms with Crippen LogP contribution in [-0.4, -0.2) is 53.1 Å². The van der Waals surface area contributed by atoms with Crippen molar-refractivity contribution in [2.45, 2.75) is 25.2 Å². The van der Waals surface area contributed by atoms with E-state index >= 15 is 0 Å². The minimum atomic E-state index is -0.0713. The van der Waals surface area contributed by atoms with Gasteiger partial charge in [0.1, 0.15) is 0 Å². The smallest absolute Gasteiger partial charge is 0.253 e. The van der Waals surface area contributed by atoms with Gasteiger partial charge in [-0.1, -0.05) is 29.8 Å². The molecule has 7 nitrogen and oxygen atoms in total. The van der Waals surface area contributed by atoms with Gasteiger partial charge in [-0.15, -0.1) is 5.10 Å². The van der Waals surface area contributed by atoms with Gasteiger partial charge in [-0.25, -0.2) is 0 Å². The van der Waals surface area contributed by atoms with Gasteiger partial charge in [-0.3, -0.25) is 9.59 Å². The van der Waals surface area contributed by atoms with Crippen LogP contribution in [0.2, 0.25) is 5.02 Å². The zero-order chi connectivity index (χ0) is 24.2. The first-order valence-electron chi connectivity index (χ1n) is 12.0. The molecule has 2 aliphatic rings. The van der Waals surface area contributed by atoms with E-state index in [0.29, 0.717) is 23.0 Å². The molecule has 1 atom stereocenters. The number of likely N-dealkylation sites (tertiary alicyclic amines) is 1. The van der Waals surface area contributed by atoms with E-state index < -0.39 is 0 Å². The van der Waals surface area contributed by atoms with Crippen molar-refractivity contribution in [1.29, 1.82) is 0 Å². The number of hydrogen-bond donors (Lipinski definition) is 1. The molecule has 35 heavy (non-hydrogen) atoms. The third-order valence-corrected chi connectivity index (χ3v) is 7.18. The Kier molecular flexibility index (Phi) is 6.95. The second kappa shape index (κ2) is 10.4. The van der Waals surface area contributed by atoms with Gasteiger partial charge in [0.25, 0.3) is 5.91 Å². The molecule has 2 fully saturated rings. The molecule has 2 saturated heterocycles. The Bertz CT molecular complexity index is 1180. The molecule has 0 aliphatic carbocycles. The zero-order valence-corrected chi connectivity index (χ0v) is 20.2. The average Bonchev–Trinajstić information content (AvgIpc) is 3.40. The fourth-order valence-corrected chi connectivity index (χ4v) is 5.14. The summed E-state index contributed by atoms with van der Waals surface area (Å²) in [5.74, 6) is 1.22. The van der Waals surface area contributed by atoms with Gasteiger partial charge in [0.15, 0.2) is 5.82 Å². The second-order valence-corrected chi connectivity index (χ2v) is 9.64. The van der Waals surface area contributed by atoms with Crippen LogP contribution in [0.5, 0.6) is 0 Å². The summed E-state index contributed by atoms with van der Waals surface area (Å²) in [6, 6.07) is 19.0. The fraction of sp³-hybridized carbons (Fsp3) is 0.333. The maximum atomic E-state index is 12.8. The van der Waals surface area contributed by atoms with Gasteiger partial charge in [-0.2, -0.15) is 5.10 Å². The number of halogens is 1. The van der Waals surface area contributed by atoms with Gasteiger partial charge in [0.2, 0.25) is 5.91 Å². The Balaban J connectivity index is 1.12. The molecule has 0 bridgehead atoms. The summed E-state index contributed by atoms with van der Waals surface area (Å²) < 4.78 is 0. The number of amides is 2. The van der Waals surface area contributed by atoms with Crippen LogP contribution in [0.15, 0.2) is 66.9 Å². The van der Waals surface area contributed by atoms with E-state index in [1.165, 1.54) is 5.56 Å². The molecular weight excluding hydrogens is 462 g/mol. The quantitative estimate of drug-likeness (QED) is 0.566. The number of rotatable bonds is 5. The van der Waals surface area contributed by atoms with Gasteiger partial charge in [-0.05, 0) is 73.2 Å². The molecule has 0 saturated carbocycles. The first-order chi connectivity index (χ1) is 17.1. The van der Waals surface area contributed by atoms with Crippen molar-refractivity contribution in [2.75, 3.05) is 36.4 Å². The third-order valence-electron chi connectivity index (χ3n) is 6.94. The number of nitrogens with zero attached hydrogens (tertiary/aromatic N) is 4. The van der Waals surface area contributed by atoms with Crippen LogP contribution in [0.3, 0.4) is 0 Å². The Hall–Kier alpha value is -3.45. The van der Waals surface area contributed by atoms with Gasteiger partial charge >= 0.3 is 0 Å². The lowest BCUT2D eigenvalue weighted by Gasteiger charge is -2.32. The minimum absolute atomic E-state index is 0.0359. The van der Waals surface area contributed by atoms with Crippen LogP contribution in [0.1, 0.15) is 41.1 Å². The highest BCUT2D eigenvalue weighted by Gasteiger charge is 2.29. The average molecular weight is 490 g/mol. The fourth-order valence-electron chi connectivity index (χ4n) is 4.95. The number of piperidine rings is 1. The summed E-state index contributed by atoms with van der Waals surface area (Å²) in [5.41, 5.74) is 2.69. The van der Waals surface area contributed by atoms with Gasteiger partial charge in [0, 0.05) is 48.6 Å². The second-order valence-electron chi connectivity index (χ2n) is 9.20. The molecule has 2 amide bonds. The largest absolute Gasteiger partial charge is 0.354 e. The summed E-state index contributed by atoms with van der Waals surface area (Å²) in [5, 5.41) is 11.7. The number of benzene rings is 2. The highest BCUT2D eigenvalue weighted by Crippen LogP contribution is 2.30. The molecular formula is C27H28ClN5O2. The molecule has 0 spiro atoms. The number of hydrogen-bond acceptors (Lipinski definition) is 5. The first-order valence-corrected chi connectivity index (χ1v) is 12.4. The van der Waals surface area contributed by atoms with E-state index in [-0.39, 0.29) is 17.7 Å². The summed E-state index contributed by atoms with van der Waals surface area (Å²) in [7, 11) is 0. The van der Waals surface area contributed by atoms with Crippen molar-refractivity contribution in [3.8, 4) is 0 Å². The Morgan fingerprint density at radius 3 is 2.46 bits per heavy atom. The van der Waals surface area contributed by atoms with Crippen molar-refractivity contribution >= 4 is 34.9 Å². The molecule has 5 rings (SSSR count). The SMILES string of the molecule is O=C(Nc1ccc(C2CCN(C(=O)c3cccc(Cl)c3)CC2)cc1)[C@H]1CCN(c2cccnn2)C1. The van der Waals surface area contributed by atoms with Crippen LogP contribution in [0.25, 0.3) is 0 Å². The van der Waals surface area contributed by atoms with E-state index in [0.717, 1.165) is 50.4 Å². The van der Waals surface area contributed by atoms with E-state index in [2.05, 4.69) is 32.5 Å². The van der Waals surface area contributed by atoms with Crippen LogP contribution in [-0.2, 0) is 4.79 Å². The van der Waals surface area contributed by atoms with Crippen molar-refractivity contribution in [3.63, 3.8) is 0 Å². The predicted molar refractivity (Wildman–Crippen MR) is 137 cm³/mol. The maximum Gasteiger partial charge on any atom is 0.253 e. The molecule has 8 heteroatoms. The Morgan fingerprint density at radius 1 is 0.943 bits per heavy atom. The molecule has 3 aromatic rings. The number of carbonyl (C=O) groups is 2. The lowest BCUT2D eigenvalue weighted by molar-refractivity contribution is -0.119. The molecule has 180 valence electrons. The Labute approximate surface area is 210 Å². The van der Waals surface area contributed by atoms with Crippen molar-refractivity contribution in [3.05, 3.63) is 83.0 Å². The number of carbonyl (C=O) groups excluding carboxylic acids is 2. The lowest BCUT2D eigenvalue weighted by atomic mass is 9.89. The molecule has 3 heterocycles. The number of anilines is 2. The van der Waals surface area contributed by atoms with Crippen LogP contribution in [0.4, 0.5) is 11.5 Å². The summed E-state index contributed by atoms with van der Waals surface area (Å²) >= 11 is 6.04. The van der Waals surface area contributed by atoms with Gasteiger partial charge < -0.3 is 15.1 Å². The summed E-state index contributed by atoms with van der Waals surface area (Å²) in [6.45, 7) is 2.89. The van der Waals surface area contributed by atoms with E-state index in [9.17, 15) is 9.59 Å². The highest BCUT2D eigenvalue weighted by molar-refractivity contribution is 6.30. The van der Waals surface area contributed by atoms with Crippen LogP contribution < -0.4 is 10.2 Å². The lowest BCUT2D eigenvalue weighted by Crippen LogP contribution is -2.37. The van der Waals surface area contributed by atoms with Crippen LogP contribution >= 0.6 is 11.6 Å². The van der Waals surface area contributed by atoms with Crippen LogP contribution in [0, 0.1) is 5.92 Å². The van der Waals surface area contributed by atoms with Crippen molar-refractivity contribution in [2.24, 2.45) is 5.92 Å². The topological polar surface area (TPSA) is 78.4 Å². The molecule has 2 aromatic carbocycles. The third kappa shape index (κ3) is 5.46. The normalized spacial score (nSPS) is 18.5. The maximum absolute atomic E-state index is 12.8. The zero-order valence-electron chi connectivity index (χ0n) is 19.4. The standard InChI is InChI=1S/C27H28ClN5O2/c28-23-4-1-3-21(17-23)27(35)32-14-10-20(11-15-32)19-6-8-24(9-7-19)30-26(34)22-12-16-33(18-22)25-5-2-13-29-31-25/h1-9,13,17,20,22H,10-12,14-16,18H2,(H,30,34)/t22-/m0/s1. The molecule has 0 radical (unpaired) electrons. The Morgan fingerprint density at radius 2 is 1.74 bits per heavy atom. The minimum Gasteiger partial charge on any atom is -0.354 e. The number of nitrogens with one attached hydrogen (secondary N) is 1. The van der Waals surface area contributed by atoms with Crippen molar-refractivity contribution < 1.29 is 9.59 Å². The van der Waals surface area contributed by atoms with Crippen molar-refractivity contribution in [1.82, 2.24) is 15.1 Å².